The molecule has 118 valence electrons. The Balaban J connectivity index is 2.02. The minimum atomic E-state index is 0.0918. The first-order valence-corrected chi connectivity index (χ1v) is 8.40. The first kappa shape index (κ1) is 16.2. The highest BCUT2D eigenvalue weighted by Gasteiger charge is 2.45. The van der Waals surface area contributed by atoms with E-state index in [0.29, 0.717) is 12.1 Å². The minimum Gasteiger partial charge on any atom is -0.379 e. The first-order valence-electron chi connectivity index (χ1n) is 8.40. The number of piperazine rings is 1. The molecule has 0 amide bonds. The molecule has 0 aromatic rings. The molecule has 3 unspecified atom stereocenters. The topological polar surface area (TPSA) is 41.7 Å². The summed E-state index contributed by atoms with van der Waals surface area (Å²) in [7, 11) is 1.86. The van der Waals surface area contributed by atoms with Crippen LogP contribution in [0, 0.1) is 0 Å². The van der Waals surface area contributed by atoms with Crippen LogP contribution in [0.25, 0.3) is 0 Å². The third-order valence-electron chi connectivity index (χ3n) is 5.72. The van der Waals surface area contributed by atoms with Crippen LogP contribution in [0.4, 0.5) is 0 Å². The molecule has 1 saturated carbocycles. The zero-order chi connectivity index (χ0) is 14.6. The summed E-state index contributed by atoms with van der Waals surface area (Å²) in [6.45, 7) is 9.98. The maximum Gasteiger partial charge on any atom is 0.0767 e. The number of methoxy groups -OCH3 is 1. The maximum atomic E-state index is 6.22. The summed E-state index contributed by atoms with van der Waals surface area (Å²) >= 11 is 0. The van der Waals surface area contributed by atoms with Gasteiger partial charge in [-0.05, 0) is 26.2 Å². The normalized spacial score (nSPS) is 35.1. The average Bonchev–Trinajstić information content (AvgIpc) is 2.54. The van der Waals surface area contributed by atoms with Gasteiger partial charge in [0.25, 0.3) is 0 Å². The summed E-state index contributed by atoms with van der Waals surface area (Å²) in [4.78, 5) is 5.25. The number of ether oxygens (including phenoxy) is 1. The van der Waals surface area contributed by atoms with Crippen molar-refractivity contribution in [2.75, 3.05) is 39.8 Å². The smallest absolute Gasteiger partial charge is 0.0767 e. The van der Waals surface area contributed by atoms with Gasteiger partial charge in [-0.1, -0.05) is 19.8 Å². The van der Waals surface area contributed by atoms with Crippen LogP contribution in [0.2, 0.25) is 0 Å². The van der Waals surface area contributed by atoms with E-state index in [2.05, 4.69) is 23.6 Å². The number of hydrogen-bond donors (Lipinski definition) is 1. The van der Waals surface area contributed by atoms with Gasteiger partial charge in [0, 0.05) is 45.9 Å². The Morgan fingerprint density at radius 3 is 2.50 bits per heavy atom. The Labute approximate surface area is 124 Å². The third-order valence-corrected chi connectivity index (χ3v) is 5.72. The van der Waals surface area contributed by atoms with Gasteiger partial charge in [-0.15, -0.1) is 0 Å². The lowest BCUT2D eigenvalue weighted by Gasteiger charge is -2.53. The van der Waals surface area contributed by atoms with Crippen LogP contribution in [-0.2, 0) is 4.74 Å². The highest BCUT2D eigenvalue weighted by Crippen LogP contribution is 2.35. The van der Waals surface area contributed by atoms with Gasteiger partial charge in [0.2, 0.25) is 0 Å². The zero-order valence-electron chi connectivity index (χ0n) is 13.6. The molecule has 4 heteroatoms. The van der Waals surface area contributed by atoms with Crippen molar-refractivity contribution < 1.29 is 4.74 Å². The standard InChI is InChI=1S/C16H33N3O/c1-4-14(2)18-9-11-19(12-10-18)16(13-17)8-6-5-7-15(16)20-3/h14-15H,4-13,17H2,1-3H3. The van der Waals surface area contributed by atoms with E-state index in [1.54, 1.807) is 0 Å². The number of hydrogen-bond acceptors (Lipinski definition) is 4. The predicted molar refractivity (Wildman–Crippen MR) is 83.9 cm³/mol. The van der Waals surface area contributed by atoms with Gasteiger partial charge in [0.05, 0.1) is 11.6 Å². The molecule has 0 aromatic carbocycles. The molecule has 2 fully saturated rings. The van der Waals surface area contributed by atoms with E-state index < -0.39 is 0 Å². The third kappa shape index (κ3) is 3.03. The van der Waals surface area contributed by atoms with Crippen LogP contribution >= 0.6 is 0 Å². The van der Waals surface area contributed by atoms with Gasteiger partial charge in [-0.3, -0.25) is 9.80 Å². The van der Waals surface area contributed by atoms with Gasteiger partial charge >= 0.3 is 0 Å². The van der Waals surface area contributed by atoms with E-state index >= 15 is 0 Å². The Morgan fingerprint density at radius 2 is 1.95 bits per heavy atom. The van der Waals surface area contributed by atoms with Gasteiger partial charge in [0.1, 0.15) is 0 Å². The van der Waals surface area contributed by atoms with Crippen molar-refractivity contribution in [1.29, 1.82) is 0 Å². The molecule has 4 nitrogen and oxygen atoms in total. The molecule has 1 aliphatic heterocycles. The summed E-state index contributed by atoms with van der Waals surface area (Å²) in [5, 5.41) is 0. The Kier molecular flexibility index (Phi) is 5.84. The van der Waals surface area contributed by atoms with E-state index in [1.165, 1.54) is 45.2 Å². The molecule has 0 spiro atoms. The fraction of sp³-hybridized carbons (Fsp3) is 1.00. The lowest BCUT2D eigenvalue weighted by molar-refractivity contribution is -0.0911. The Hall–Kier alpha value is -0.160. The molecule has 2 N–H and O–H groups in total. The van der Waals surface area contributed by atoms with Crippen LogP contribution < -0.4 is 5.73 Å². The highest BCUT2D eigenvalue weighted by atomic mass is 16.5. The Bertz CT molecular complexity index is 291. The van der Waals surface area contributed by atoms with E-state index in [1.807, 2.05) is 7.11 Å². The number of rotatable bonds is 5. The second-order valence-electron chi connectivity index (χ2n) is 6.56. The minimum absolute atomic E-state index is 0.0918. The summed E-state index contributed by atoms with van der Waals surface area (Å²) in [6, 6.07) is 0.704. The second kappa shape index (κ2) is 7.21. The lowest BCUT2D eigenvalue weighted by atomic mass is 9.77. The van der Waals surface area contributed by atoms with Crippen LogP contribution in [0.3, 0.4) is 0 Å². The highest BCUT2D eigenvalue weighted by molar-refractivity contribution is 5.02. The zero-order valence-corrected chi connectivity index (χ0v) is 13.6. The van der Waals surface area contributed by atoms with Crippen LogP contribution in [0.1, 0.15) is 46.0 Å². The van der Waals surface area contributed by atoms with E-state index in [9.17, 15) is 0 Å². The second-order valence-corrected chi connectivity index (χ2v) is 6.56. The maximum absolute atomic E-state index is 6.22. The van der Waals surface area contributed by atoms with Gasteiger partial charge in [0.15, 0.2) is 0 Å². The Morgan fingerprint density at radius 1 is 1.25 bits per heavy atom. The summed E-state index contributed by atoms with van der Waals surface area (Å²) < 4.78 is 5.81. The number of nitrogens with zero attached hydrogens (tertiary/aromatic N) is 2. The predicted octanol–water partition coefficient (Wildman–Crippen LogP) is 1.69. The fourth-order valence-electron chi connectivity index (χ4n) is 4.12. The molecule has 2 rings (SSSR count). The molecular weight excluding hydrogens is 250 g/mol. The van der Waals surface area contributed by atoms with Crippen molar-refractivity contribution in [3.8, 4) is 0 Å². The molecule has 2 aliphatic rings. The summed E-state index contributed by atoms with van der Waals surface area (Å²) in [5.74, 6) is 0. The average molecular weight is 283 g/mol. The van der Waals surface area contributed by atoms with Crippen molar-refractivity contribution in [3.05, 3.63) is 0 Å². The van der Waals surface area contributed by atoms with Gasteiger partial charge in [-0.25, -0.2) is 0 Å². The lowest BCUT2D eigenvalue weighted by Crippen LogP contribution is -2.67. The van der Waals surface area contributed by atoms with Crippen LogP contribution in [-0.4, -0.2) is 67.3 Å². The molecule has 20 heavy (non-hydrogen) atoms. The summed E-state index contributed by atoms with van der Waals surface area (Å²) in [6.07, 6.45) is 6.50. The van der Waals surface area contributed by atoms with Crippen molar-refractivity contribution in [1.82, 2.24) is 9.80 Å². The van der Waals surface area contributed by atoms with Crippen molar-refractivity contribution in [2.45, 2.75) is 63.6 Å². The quantitative estimate of drug-likeness (QED) is 0.834. The molecule has 0 radical (unpaired) electrons. The van der Waals surface area contributed by atoms with Crippen LogP contribution in [0.5, 0.6) is 0 Å². The monoisotopic (exact) mass is 283 g/mol. The van der Waals surface area contributed by atoms with Gasteiger partial charge in [-0.2, -0.15) is 0 Å². The molecule has 1 aliphatic carbocycles. The van der Waals surface area contributed by atoms with E-state index in [-0.39, 0.29) is 5.54 Å². The molecule has 0 aromatic heterocycles. The van der Waals surface area contributed by atoms with E-state index in [4.69, 9.17) is 10.5 Å². The van der Waals surface area contributed by atoms with Crippen LogP contribution in [0.15, 0.2) is 0 Å². The molecule has 1 heterocycles. The SMILES string of the molecule is CCC(C)N1CCN(C2(CN)CCCCC2OC)CC1. The molecule has 3 atom stereocenters. The van der Waals surface area contributed by atoms with Gasteiger partial charge < -0.3 is 10.5 Å². The van der Waals surface area contributed by atoms with Crippen molar-refractivity contribution in [3.63, 3.8) is 0 Å². The van der Waals surface area contributed by atoms with Crippen molar-refractivity contribution in [2.24, 2.45) is 5.73 Å². The molecule has 1 saturated heterocycles. The fourth-order valence-corrected chi connectivity index (χ4v) is 4.12. The van der Waals surface area contributed by atoms with E-state index in [0.717, 1.165) is 19.6 Å². The largest absolute Gasteiger partial charge is 0.379 e. The first-order chi connectivity index (χ1) is 9.67. The summed E-state index contributed by atoms with van der Waals surface area (Å²) in [5.41, 5.74) is 6.31. The molecule has 0 bridgehead atoms. The molecular formula is C16H33N3O. The van der Waals surface area contributed by atoms with Crippen molar-refractivity contribution >= 4 is 0 Å². The number of nitrogens with two attached hydrogens (primary N) is 1.